The summed E-state index contributed by atoms with van der Waals surface area (Å²) in [4.78, 5) is 5.73. The lowest BCUT2D eigenvalue weighted by Crippen LogP contribution is -2.36. The summed E-state index contributed by atoms with van der Waals surface area (Å²) in [6.45, 7) is 6.62. The smallest absolute Gasteiger partial charge is 0.191 e. The van der Waals surface area contributed by atoms with Crippen LogP contribution in [-0.4, -0.2) is 19.0 Å². The van der Waals surface area contributed by atoms with E-state index in [9.17, 15) is 0 Å². The van der Waals surface area contributed by atoms with Crippen LogP contribution in [0.4, 0.5) is 0 Å². The molecule has 0 radical (unpaired) electrons. The fourth-order valence-electron chi connectivity index (χ4n) is 1.10. The predicted octanol–water partition coefficient (Wildman–Crippen LogP) is 3.20. The average molecular weight is 418 g/mol. The molecule has 92 valence electrons. The van der Waals surface area contributed by atoms with Crippen LogP contribution in [0.1, 0.15) is 18.7 Å². The maximum absolute atomic E-state index is 4.48. The van der Waals surface area contributed by atoms with Crippen molar-refractivity contribution >= 4 is 57.2 Å². The minimum absolute atomic E-state index is 0. The number of nitrogens with zero attached hydrogens (tertiary/aromatic N) is 1. The van der Waals surface area contributed by atoms with Gasteiger partial charge in [-0.25, -0.2) is 4.99 Å². The number of aliphatic imine (C=N–C) groups is 1. The maximum Gasteiger partial charge on any atom is 0.191 e. The topological polar surface area (TPSA) is 36.4 Å². The molecule has 0 amide bonds. The van der Waals surface area contributed by atoms with Crippen LogP contribution >= 0.6 is 51.2 Å². The Labute approximate surface area is 126 Å². The highest BCUT2D eigenvalue weighted by Gasteiger charge is 2.00. The lowest BCUT2D eigenvalue weighted by Gasteiger charge is -2.08. The molecule has 0 aromatic carbocycles. The molecule has 3 nitrogen and oxygen atoms in total. The zero-order valence-corrected chi connectivity index (χ0v) is 14.2. The van der Waals surface area contributed by atoms with Gasteiger partial charge in [-0.05, 0) is 41.2 Å². The summed E-state index contributed by atoms with van der Waals surface area (Å²) < 4.78 is 1.14. The monoisotopic (exact) mass is 417 g/mol. The SMILES string of the molecule is CCNC(=NCc1sccc1Br)NCC.I. The van der Waals surface area contributed by atoms with Crippen LogP contribution in [0.15, 0.2) is 20.9 Å². The van der Waals surface area contributed by atoms with Gasteiger partial charge in [0.05, 0.1) is 6.54 Å². The highest BCUT2D eigenvalue weighted by atomic mass is 127. The summed E-state index contributed by atoms with van der Waals surface area (Å²) in [5.74, 6) is 0.875. The predicted molar refractivity (Wildman–Crippen MR) is 85.9 cm³/mol. The third-order valence-corrected chi connectivity index (χ3v) is 3.67. The lowest BCUT2D eigenvalue weighted by atomic mass is 10.5. The Bertz CT molecular complexity index is 320. The van der Waals surface area contributed by atoms with Crippen molar-refractivity contribution in [3.8, 4) is 0 Å². The van der Waals surface area contributed by atoms with Crippen LogP contribution < -0.4 is 10.6 Å². The Hall–Kier alpha value is 0.180. The molecule has 1 rings (SSSR count). The quantitative estimate of drug-likeness (QED) is 0.448. The van der Waals surface area contributed by atoms with Crippen molar-refractivity contribution in [2.24, 2.45) is 4.99 Å². The molecular weight excluding hydrogens is 401 g/mol. The van der Waals surface area contributed by atoms with Gasteiger partial charge in [-0.15, -0.1) is 35.3 Å². The second-order valence-corrected chi connectivity index (χ2v) is 4.77. The number of halogens is 2. The van der Waals surface area contributed by atoms with Crippen LogP contribution in [0.2, 0.25) is 0 Å². The van der Waals surface area contributed by atoms with E-state index in [1.165, 1.54) is 4.88 Å². The van der Waals surface area contributed by atoms with Crippen molar-refractivity contribution < 1.29 is 0 Å². The van der Waals surface area contributed by atoms with Gasteiger partial charge >= 0.3 is 0 Å². The summed E-state index contributed by atoms with van der Waals surface area (Å²) in [7, 11) is 0. The van der Waals surface area contributed by atoms with Gasteiger partial charge < -0.3 is 10.6 Å². The fraction of sp³-hybridized carbons (Fsp3) is 0.500. The Morgan fingerprint density at radius 2 is 2.00 bits per heavy atom. The van der Waals surface area contributed by atoms with Gasteiger partial charge in [0.1, 0.15) is 0 Å². The maximum atomic E-state index is 4.48. The molecule has 2 N–H and O–H groups in total. The zero-order valence-electron chi connectivity index (χ0n) is 9.42. The van der Waals surface area contributed by atoms with E-state index in [0.29, 0.717) is 6.54 Å². The Morgan fingerprint density at radius 1 is 1.38 bits per heavy atom. The molecule has 0 bridgehead atoms. The van der Waals surface area contributed by atoms with Gasteiger partial charge in [-0.3, -0.25) is 0 Å². The number of rotatable bonds is 4. The molecule has 1 aromatic rings. The van der Waals surface area contributed by atoms with Crippen molar-refractivity contribution in [3.63, 3.8) is 0 Å². The van der Waals surface area contributed by atoms with Crippen molar-refractivity contribution in [2.75, 3.05) is 13.1 Å². The van der Waals surface area contributed by atoms with Crippen LogP contribution in [0.3, 0.4) is 0 Å². The van der Waals surface area contributed by atoms with Crippen molar-refractivity contribution in [1.82, 2.24) is 10.6 Å². The number of hydrogen-bond donors (Lipinski definition) is 2. The highest BCUT2D eigenvalue weighted by Crippen LogP contribution is 2.23. The first-order valence-corrected chi connectivity index (χ1v) is 6.69. The van der Waals surface area contributed by atoms with Crippen molar-refractivity contribution in [3.05, 3.63) is 20.8 Å². The Balaban J connectivity index is 0.00000225. The van der Waals surface area contributed by atoms with Gasteiger partial charge in [0.25, 0.3) is 0 Å². The van der Waals surface area contributed by atoms with E-state index < -0.39 is 0 Å². The highest BCUT2D eigenvalue weighted by molar-refractivity contribution is 14.0. The van der Waals surface area contributed by atoms with E-state index in [0.717, 1.165) is 23.5 Å². The first kappa shape index (κ1) is 16.2. The standard InChI is InChI=1S/C10H16BrN3S.HI/c1-3-12-10(13-4-2)14-7-9-8(11)5-6-15-9;/h5-6H,3-4,7H2,1-2H3,(H2,12,13,14);1H. The number of hydrogen-bond acceptors (Lipinski definition) is 2. The minimum atomic E-state index is 0. The van der Waals surface area contributed by atoms with Gasteiger partial charge in [0.2, 0.25) is 0 Å². The molecule has 0 unspecified atom stereocenters. The van der Waals surface area contributed by atoms with Gasteiger partial charge in [0.15, 0.2) is 5.96 Å². The fourth-order valence-corrected chi connectivity index (χ4v) is 2.50. The van der Waals surface area contributed by atoms with E-state index in [4.69, 9.17) is 0 Å². The van der Waals surface area contributed by atoms with Crippen LogP contribution in [0.5, 0.6) is 0 Å². The summed E-state index contributed by atoms with van der Waals surface area (Å²) in [5.41, 5.74) is 0. The molecule has 6 heteroatoms. The molecule has 0 aliphatic heterocycles. The molecular formula is C10H17BrIN3S. The third-order valence-electron chi connectivity index (χ3n) is 1.76. The van der Waals surface area contributed by atoms with Crippen molar-refractivity contribution in [1.29, 1.82) is 0 Å². The van der Waals surface area contributed by atoms with Crippen LogP contribution in [0.25, 0.3) is 0 Å². The molecule has 0 fully saturated rings. The van der Waals surface area contributed by atoms with Crippen LogP contribution in [0, 0.1) is 0 Å². The Kier molecular flexibility index (Phi) is 9.34. The second-order valence-electron chi connectivity index (χ2n) is 2.92. The largest absolute Gasteiger partial charge is 0.357 e. The van der Waals surface area contributed by atoms with Gasteiger partial charge in [-0.1, -0.05) is 0 Å². The molecule has 0 saturated carbocycles. The lowest BCUT2D eigenvalue weighted by molar-refractivity contribution is 0.841. The second kappa shape index (κ2) is 9.23. The normalized spacial score (nSPS) is 9.19. The summed E-state index contributed by atoms with van der Waals surface area (Å²) in [5, 5.41) is 8.45. The van der Waals surface area contributed by atoms with E-state index in [1.54, 1.807) is 11.3 Å². The minimum Gasteiger partial charge on any atom is -0.357 e. The molecule has 16 heavy (non-hydrogen) atoms. The molecule has 0 aliphatic carbocycles. The zero-order chi connectivity index (χ0) is 11.1. The van der Waals surface area contributed by atoms with E-state index in [2.05, 4.69) is 56.8 Å². The number of guanidine groups is 1. The molecule has 0 aliphatic rings. The number of thiophene rings is 1. The number of nitrogens with one attached hydrogen (secondary N) is 2. The first-order chi connectivity index (χ1) is 7.27. The summed E-state index contributed by atoms with van der Waals surface area (Å²) >= 11 is 5.21. The summed E-state index contributed by atoms with van der Waals surface area (Å²) in [6.07, 6.45) is 0. The average Bonchev–Trinajstić information content (AvgIpc) is 2.61. The Morgan fingerprint density at radius 3 is 2.44 bits per heavy atom. The van der Waals surface area contributed by atoms with E-state index in [1.807, 2.05) is 0 Å². The molecule has 0 saturated heterocycles. The van der Waals surface area contributed by atoms with E-state index in [-0.39, 0.29) is 24.0 Å². The first-order valence-electron chi connectivity index (χ1n) is 5.02. The molecule has 1 heterocycles. The van der Waals surface area contributed by atoms with Gasteiger partial charge in [-0.2, -0.15) is 0 Å². The van der Waals surface area contributed by atoms with E-state index >= 15 is 0 Å². The van der Waals surface area contributed by atoms with Crippen LogP contribution in [-0.2, 0) is 6.54 Å². The third kappa shape index (κ3) is 5.49. The molecule has 1 aromatic heterocycles. The summed E-state index contributed by atoms with van der Waals surface area (Å²) in [6, 6.07) is 2.05. The molecule has 0 spiro atoms. The molecule has 0 atom stereocenters. The van der Waals surface area contributed by atoms with Gasteiger partial charge in [0, 0.05) is 22.4 Å². The van der Waals surface area contributed by atoms with Crippen molar-refractivity contribution in [2.45, 2.75) is 20.4 Å².